The number of likely N-dealkylation sites (N-methyl/N-ethyl adjacent to an activating group) is 2. The smallest absolute Gasteiger partial charge is 0.410 e. The Morgan fingerprint density at radius 1 is 1.10 bits per heavy atom. The Bertz CT molecular complexity index is 1850. The molecule has 0 heterocycles. The van der Waals surface area contributed by atoms with E-state index in [4.69, 9.17) is 10.5 Å². The third kappa shape index (κ3) is 5.48. The largest absolute Gasteiger partial charge is 0.510 e. The molecule has 7 N–H and O–H groups in total. The first-order valence-electron chi connectivity index (χ1n) is 15.3. The molecule has 4 atom stereocenters. The summed E-state index contributed by atoms with van der Waals surface area (Å²) in [4.78, 5) is 68.2. The van der Waals surface area contributed by atoms with Crippen LogP contribution < -0.4 is 11.1 Å². The molecule has 0 unspecified atom stereocenters. The van der Waals surface area contributed by atoms with Crippen molar-refractivity contribution in [2.24, 2.45) is 17.6 Å². The lowest BCUT2D eigenvalue weighted by atomic mass is 9.58. The van der Waals surface area contributed by atoms with Crippen LogP contribution in [0.5, 0.6) is 5.75 Å². The number of aliphatic hydroxyl groups excluding tert-OH is 2. The van der Waals surface area contributed by atoms with Crippen LogP contribution in [-0.4, -0.2) is 98.0 Å². The highest BCUT2D eigenvalue weighted by molar-refractivity contribution is 6.25. The summed E-state index contributed by atoms with van der Waals surface area (Å²) in [5.41, 5.74) is -1.25. The van der Waals surface area contributed by atoms with Gasteiger partial charge in [0.25, 0.3) is 5.91 Å². The van der Waals surface area contributed by atoms with E-state index in [1.54, 1.807) is 30.3 Å². The Morgan fingerprint density at radius 3 is 2.33 bits per heavy atom. The number of ether oxygens (including phenoxy) is 1. The molecule has 2 aromatic carbocycles. The van der Waals surface area contributed by atoms with Gasteiger partial charge in [0.2, 0.25) is 11.7 Å². The third-order valence-corrected chi connectivity index (χ3v) is 9.79. The summed E-state index contributed by atoms with van der Waals surface area (Å²) in [5.74, 6) is -10.7. The number of halogens is 1. The zero-order valence-electron chi connectivity index (χ0n) is 27.4. The number of primary amides is 1. The highest BCUT2D eigenvalue weighted by Gasteiger charge is 2.63. The average molecular weight is 681 g/mol. The van der Waals surface area contributed by atoms with E-state index < -0.39 is 104 Å². The summed E-state index contributed by atoms with van der Waals surface area (Å²) in [5, 5.41) is 47.6. The van der Waals surface area contributed by atoms with Crippen LogP contribution in [0.2, 0.25) is 0 Å². The van der Waals surface area contributed by atoms with Gasteiger partial charge in [-0.2, -0.15) is 0 Å². The number of hydrogen-bond acceptors (Lipinski definition) is 11. The van der Waals surface area contributed by atoms with Crippen molar-refractivity contribution in [3.63, 3.8) is 0 Å². The van der Waals surface area contributed by atoms with E-state index in [1.807, 2.05) is 0 Å². The molecular formula is C34H37FN4O10. The normalized spacial score (nSPS) is 23.5. The maximum absolute atomic E-state index is 15.7. The second-order valence-electron chi connectivity index (χ2n) is 13.2. The third-order valence-electron chi connectivity index (χ3n) is 9.79. The van der Waals surface area contributed by atoms with Gasteiger partial charge in [0.1, 0.15) is 35.1 Å². The predicted molar refractivity (Wildman–Crippen MR) is 171 cm³/mol. The van der Waals surface area contributed by atoms with Crippen molar-refractivity contribution < 1.29 is 53.5 Å². The number of nitrogens with two attached hydrogens (primary N) is 1. The van der Waals surface area contributed by atoms with Gasteiger partial charge in [-0.25, -0.2) is 9.18 Å². The average Bonchev–Trinajstić information content (AvgIpc) is 3.03. The molecule has 0 saturated carbocycles. The summed E-state index contributed by atoms with van der Waals surface area (Å²) in [6, 6.07) is 8.45. The van der Waals surface area contributed by atoms with E-state index in [-0.39, 0.29) is 25.0 Å². The molecule has 3 aliphatic carbocycles. The summed E-state index contributed by atoms with van der Waals surface area (Å²) in [6.07, 6.45) is -1.34. The Hall–Kier alpha value is -5.28. The Morgan fingerprint density at radius 2 is 1.73 bits per heavy atom. The van der Waals surface area contributed by atoms with Crippen molar-refractivity contribution in [3.8, 4) is 5.75 Å². The molecule has 3 aliphatic rings. The number of amides is 3. The van der Waals surface area contributed by atoms with Crippen LogP contribution in [0.4, 0.5) is 14.9 Å². The fourth-order valence-corrected chi connectivity index (χ4v) is 6.84. The number of phenolic OH excluding ortho intramolecular Hbond substituents is 1. The number of rotatable bonds is 7. The maximum atomic E-state index is 15.7. The van der Waals surface area contributed by atoms with Crippen molar-refractivity contribution in [3.05, 3.63) is 81.6 Å². The van der Waals surface area contributed by atoms with Crippen LogP contribution in [-0.2, 0) is 32.1 Å². The van der Waals surface area contributed by atoms with Gasteiger partial charge < -0.3 is 36.2 Å². The van der Waals surface area contributed by atoms with Crippen LogP contribution in [0.15, 0.2) is 59.1 Å². The number of phenols is 1. The van der Waals surface area contributed by atoms with E-state index in [0.29, 0.717) is 5.56 Å². The molecular weight excluding hydrogens is 643 g/mol. The topological polar surface area (TPSA) is 220 Å². The lowest BCUT2D eigenvalue weighted by Gasteiger charge is -2.50. The Balaban J connectivity index is 1.47. The first kappa shape index (κ1) is 35.0. The van der Waals surface area contributed by atoms with Crippen LogP contribution >= 0.6 is 0 Å². The van der Waals surface area contributed by atoms with Crippen molar-refractivity contribution in [2.75, 3.05) is 26.5 Å². The quantitative estimate of drug-likeness (QED) is 0.184. The van der Waals surface area contributed by atoms with Gasteiger partial charge in [-0.1, -0.05) is 30.3 Å². The number of carbonyl (C=O) groups is 5. The molecule has 260 valence electrons. The first-order valence-corrected chi connectivity index (χ1v) is 15.3. The number of aromatic hydroxyl groups is 1. The summed E-state index contributed by atoms with van der Waals surface area (Å²) in [6.45, 7) is 2.69. The lowest BCUT2D eigenvalue weighted by molar-refractivity contribution is -0.148. The van der Waals surface area contributed by atoms with E-state index in [2.05, 4.69) is 5.32 Å². The number of ketones is 2. The van der Waals surface area contributed by atoms with Gasteiger partial charge in [0, 0.05) is 30.2 Å². The monoisotopic (exact) mass is 680 g/mol. The van der Waals surface area contributed by atoms with E-state index in [1.165, 1.54) is 39.9 Å². The number of benzene rings is 2. The SMILES string of the molecule is CN(C)[C@@H]1C(O)=C(C(N)=O)C(=O)[C@@]2(O)C(O)=C3C(=O)c4c(O)c(NC(=O)C(C)(C)N(C)C(=O)OCc5ccccc5)cc(F)c4C[C@H]3C[C@@H]12. The first-order chi connectivity index (χ1) is 22.8. The van der Waals surface area contributed by atoms with Gasteiger partial charge in [-0.15, -0.1) is 0 Å². The molecule has 0 fully saturated rings. The van der Waals surface area contributed by atoms with Crippen molar-refractivity contribution >= 4 is 35.2 Å². The van der Waals surface area contributed by atoms with E-state index >= 15 is 4.39 Å². The summed E-state index contributed by atoms with van der Waals surface area (Å²) < 4.78 is 21.0. The summed E-state index contributed by atoms with van der Waals surface area (Å²) >= 11 is 0. The Labute approximate surface area is 280 Å². The van der Waals surface area contributed by atoms with Gasteiger partial charge >= 0.3 is 6.09 Å². The number of nitrogens with zero attached hydrogens (tertiary/aromatic N) is 2. The number of carbonyl (C=O) groups excluding carboxylic acids is 5. The molecule has 0 radical (unpaired) electrons. The van der Waals surface area contributed by atoms with Crippen LogP contribution in [0, 0.1) is 17.7 Å². The number of aliphatic hydroxyl groups is 3. The highest BCUT2D eigenvalue weighted by Crippen LogP contribution is 2.53. The minimum atomic E-state index is -2.87. The zero-order valence-corrected chi connectivity index (χ0v) is 27.4. The molecule has 0 aromatic heterocycles. The van der Waals surface area contributed by atoms with Crippen molar-refractivity contribution in [1.29, 1.82) is 0 Å². The van der Waals surface area contributed by atoms with Gasteiger partial charge in [-0.3, -0.25) is 29.0 Å². The number of nitrogens with one attached hydrogen (secondary N) is 1. The minimum absolute atomic E-state index is 0.0666. The number of allylic oxidation sites excluding steroid dienone is 1. The Kier molecular flexibility index (Phi) is 8.80. The van der Waals surface area contributed by atoms with E-state index in [0.717, 1.165) is 11.0 Å². The van der Waals surface area contributed by atoms with Crippen LogP contribution in [0.3, 0.4) is 0 Å². The molecule has 15 heteroatoms. The molecule has 0 spiro atoms. The predicted octanol–water partition coefficient (Wildman–Crippen LogP) is 2.25. The zero-order chi connectivity index (χ0) is 36.3. The molecule has 5 rings (SSSR count). The second kappa shape index (κ2) is 12.3. The van der Waals surface area contributed by atoms with Gasteiger partial charge in [-0.05, 0) is 52.3 Å². The highest BCUT2D eigenvalue weighted by atomic mass is 19.1. The number of Topliss-reactive ketones (excluding diaryl/α,β-unsaturated/α-hetero) is 2. The molecule has 2 aromatic rings. The van der Waals surface area contributed by atoms with Crippen molar-refractivity contribution in [1.82, 2.24) is 9.80 Å². The second-order valence-corrected chi connectivity index (χ2v) is 13.2. The van der Waals surface area contributed by atoms with Gasteiger partial charge in [0.05, 0.1) is 17.3 Å². The number of fused-ring (bicyclic) bond motifs is 3. The van der Waals surface area contributed by atoms with E-state index in [9.17, 15) is 44.4 Å². The van der Waals surface area contributed by atoms with Crippen LogP contribution in [0.1, 0.15) is 41.8 Å². The molecule has 0 saturated heterocycles. The van der Waals surface area contributed by atoms with Crippen LogP contribution in [0.25, 0.3) is 0 Å². The lowest BCUT2D eigenvalue weighted by Crippen LogP contribution is -2.63. The number of hydrogen-bond donors (Lipinski definition) is 6. The fraction of sp³-hybridized carbons (Fsp3) is 0.382. The molecule has 3 amide bonds. The molecule has 14 nitrogen and oxygen atoms in total. The molecule has 0 aliphatic heterocycles. The summed E-state index contributed by atoms with van der Waals surface area (Å²) in [7, 11) is 4.30. The number of anilines is 1. The maximum Gasteiger partial charge on any atom is 0.410 e. The fourth-order valence-electron chi connectivity index (χ4n) is 6.84. The molecule has 0 bridgehead atoms. The minimum Gasteiger partial charge on any atom is -0.510 e. The molecule has 49 heavy (non-hydrogen) atoms. The standard InChI is InChI=1S/C34H37FN4O10/c1-33(2,39(5)32(47)49-14-15-9-7-6-8-10-15)31(46)37-20-13-19(35)17-11-16-12-18-24(38(3)4)27(42)23(30(36)45)29(44)34(18,48)28(43)21(16)26(41)22(17)25(20)40/h6-10,13,16,18,24,40,42-43,48H,11-12,14H2,1-5H3,(H2,36,45)(H,37,46)/t16-,18-,24-,34-/m0/s1. The van der Waals surface area contributed by atoms with Gasteiger partial charge in [0.15, 0.2) is 17.1 Å². The van der Waals surface area contributed by atoms with Crippen molar-refractivity contribution in [2.45, 2.75) is 50.5 Å².